The van der Waals surface area contributed by atoms with Gasteiger partial charge in [-0.2, -0.15) is 10.2 Å². The Morgan fingerprint density at radius 2 is 1.10 bits per heavy atom. The van der Waals surface area contributed by atoms with E-state index in [2.05, 4.69) is 21.1 Å². The number of phenolic OH excluding ortho intramolecular Hbond substituents is 2. The van der Waals surface area contributed by atoms with Gasteiger partial charge in [-0.3, -0.25) is 0 Å². The lowest BCUT2D eigenvalue weighted by Crippen LogP contribution is -2.28. The molecule has 0 saturated heterocycles. The topological polar surface area (TPSA) is 106 Å². The van der Waals surface area contributed by atoms with Gasteiger partial charge in [-0.05, 0) is 33.7 Å². The van der Waals surface area contributed by atoms with Gasteiger partial charge in [0.15, 0.2) is 0 Å². The predicted molar refractivity (Wildman–Crippen MR) is 118 cm³/mol. The molecule has 0 radical (unpaired) electrons. The molecular formula is C23H18N4O3. The number of hydrogen-bond donors (Lipinski definition) is 4. The molecule has 0 aromatic heterocycles. The van der Waals surface area contributed by atoms with Crippen molar-refractivity contribution < 1.29 is 15.0 Å². The van der Waals surface area contributed by atoms with Crippen LogP contribution in [-0.2, 0) is 0 Å². The van der Waals surface area contributed by atoms with Crippen LogP contribution in [0.25, 0.3) is 21.5 Å². The lowest BCUT2D eigenvalue weighted by molar-refractivity contribution is 0.242. The highest BCUT2D eigenvalue weighted by Gasteiger charge is 2.06. The van der Waals surface area contributed by atoms with Gasteiger partial charge in [-0.15, -0.1) is 0 Å². The summed E-state index contributed by atoms with van der Waals surface area (Å²) in [6.07, 6.45) is 2.75. The van der Waals surface area contributed by atoms with Gasteiger partial charge in [0.1, 0.15) is 11.5 Å². The molecule has 0 atom stereocenters. The summed E-state index contributed by atoms with van der Waals surface area (Å²) in [5, 5.41) is 31.4. The number of rotatable bonds is 4. The van der Waals surface area contributed by atoms with E-state index in [1.807, 2.05) is 48.5 Å². The molecule has 4 N–H and O–H groups in total. The highest BCUT2D eigenvalue weighted by molar-refractivity contribution is 6.03. The number of nitrogens with zero attached hydrogens (tertiary/aromatic N) is 2. The van der Waals surface area contributed by atoms with Gasteiger partial charge < -0.3 is 10.2 Å². The summed E-state index contributed by atoms with van der Waals surface area (Å²) in [5.74, 6) is 0.119. The van der Waals surface area contributed by atoms with E-state index in [4.69, 9.17) is 0 Å². The normalized spacial score (nSPS) is 11.5. The van der Waals surface area contributed by atoms with E-state index in [-0.39, 0.29) is 11.5 Å². The second kappa shape index (κ2) is 8.32. The maximum atomic E-state index is 11.9. The molecule has 0 saturated carbocycles. The molecule has 0 bridgehead atoms. The van der Waals surface area contributed by atoms with Crippen LogP contribution in [-0.4, -0.2) is 28.7 Å². The Morgan fingerprint density at radius 3 is 1.57 bits per heavy atom. The summed E-state index contributed by atoms with van der Waals surface area (Å²) in [6.45, 7) is 0. The first-order chi connectivity index (χ1) is 14.6. The first kappa shape index (κ1) is 18.9. The molecule has 2 amide bonds. The zero-order chi connectivity index (χ0) is 20.9. The summed E-state index contributed by atoms with van der Waals surface area (Å²) in [6, 6.07) is 21.2. The molecule has 7 heteroatoms. The van der Waals surface area contributed by atoms with Crippen molar-refractivity contribution in [2.75, 3.05) is 0 Å². The van der Waals surface area contributed by atoms with Gasteiger partial charge in [0.2, 0.25) is 0 Å². The Kier molecular flexibility index (Phi) is 5.25. The largest absolute Gasteiger partial charge is 0.507 e. The molecule has 4 aromatic carbocycles. The van der Waals surface area contributed by atoms with Crippen molar-refractivity contribution in [2.45, 2.75) is 0 Å². The summed E-state index contributed by atoms with van der Waals surface area (Å²) >= 11 is 0. The third-order valence-electron chi connectivity index (χ3n) is 4.61. The number of hydrogen-bond acceptors (Lipinski definition) is 5. The molecule has 0 aliphatic heterocycles. The van der Waals surface area contributed by atoms with Crippen LogP contribution < -0.4 is 10.9 Å². The first-order valence-electron chi connectivity index (χ1n) is 9.17. The Bertz CT molecular complexity index is 1200. The third kappa shape index (κ3) is 3.90. The number of hydrazone groups is 2. The van der Waals surface area contributed by atoms with Crippen LogP contribution in [0, 0.1) is 0 Å². The number of carbonyl (C=O) groups is 1. The van der Waals surface area contributed by atoms with Gasteiger partial charge >= 0.3 is 6.03 Å². The van der Waals surface area contributed by atoms with Gasteiger partial charge in [-0.25, -0.2) is 15.6 Å². The van der Waals surface area contributed by atoms with Crippen molar-refractivity contribution >= 4 is 40.0 Å². The van der Waals surface area contributed by atoms with Gasteiger partial charge in [-0.1, -0.05) is 60.7 Å². The molecule has 4 rings (SSSR count). The van der Waals surface area contributed by atoms with Crippen LogP contribution in [0.4, 0.5) is 4.79 Å². The molecule has 0 aliphatic carbocycles. The second-order valence-electron chi connectivity index (χ2n) is 6.51. The minimum atomic E-state index is -0.665. The van der Waals surface area contributed by atoms with Crippen LogP contribution in [0.5, 0.6) is 11.5 Å². The Hall–Kier alpha value is -4.39. The van der Waals surface area contributed by atoms with Crippen LogP contribution in [0.2, 0.25) is 0 Å². The zero-order valence-corrected chi connectivity index (χ0v) is 15.8. The standard InChI is InChI=1S/C23H18N4O3/c28-21-11-9-15-5-1-3-7-17(15)19(21)13-24-26-23(30)27-25-14-20-18-8-4-2-6-16(18)10-12-22(20)29/h1-14,28-29H,(H2,26,27,30)/b24-13-,25-14+. The molecule has 148 valence electrons. The maximum Gasteiger partial charge on any atom is 0.355 e. The summed E-state index contributed by atoms with van der Waals surface area (Å²) in [5.41, 5.74) is 5.58. The second-order valence-corrected chi connectivity index (χ2v) is 6.51. The van der Waals surface area contributed by atoms with Crippen LogP contribution in [0.3, 0.4) is 0 Å². The average Bonchev–Trinajstić information content (AvgIpc) is 2.77. The number of urea groups is 1. The van der Waals surface area contributed by atoms with Crippen molar-refractivity contribution in [2.24, 2.45) is 10.2 Å². The van der Waals surface area contributed by atoms with E-state index in [9.17, 15) is 15.0 Å². The smallest absolute Gasteiger partial charge is 0.355 e. The fourth-order valence-corrected chi connectivity index (χ4v) is 3.18. The number of fused-ring (bicyclic) bond motifs is 2. The van der Waals surface area contributed by atoms with E-state index >= 15 is 0 Å². The van der Waals surface area contributed by atoms with Crippen molar-refractivity contribution in [3.8, 4) is 11.5 Å². The quantitative estimate of drug-likeness (QED) is 0.307. The summed E-state index contributed by atoms with van der Waals surface area (Å²) in [4.78, 5) is 11.9. The molecule has 0 spiro atoms. The SMILES string of the molecule is O=C(N/N=C\c1c(O)ccc2ccccc12)N/N=C/c1c(O)ccc2ccccc12. The number of carbonyl (C=O) groups excluding carboxylic acids is 1. The lowest BCUT2D eigenvalue weighted by Gasteiger charge is -2.05. The van der Waals surface area contributed by atoms with Crippen LogP contribution in [0.15, 0.2) is 83.0 Å². The number of benzene rings is 4. The van der Waals surface area contributed by atoms with Crippen molar-refractivity contribution in [3.63, 3.8) is 0 Å². The van der Waals surface area contributed by atoms with Gasteiger partial charge in [0.05, 0.1) is 12.4 Å². The highest BCUT2D eigenvalue weighted by atomic mass is 16.3. The number of nitrogens with one attached hydrogen (secondary N) is 2. The monoisotopic (exact) mass is 398 g/mol. The Labute approximate surface area is 172 Å². The number of phenols is 2. The van der Waals surface area contributed by atoms with Gasteiger partial charge in [0, 0.05) is 11.1 Å². The van der Waals surface area contributed by atoms with E-state index in [1.54, 1.807) is 24.3 Å². The molecule has 0 fully saturated rings. The molecule has 30 heavy (non-hydrogen) atoms. The fourth-order valence-electron chi connectivity index (χ4n) is 3.18. The van der Waals surface area contributed by atoms with Crippen LogP contribution in [0.1, 0.15) is 11.1 Å². The fraction of sp³-hybridized carbons (Fsp3) is 0. The highest BCUT2D eigenvalue weighted by Crippen LogP contribution is 2.26. The predicted octanol–water partition coefficient (Wildman–Crippen LogP) is 4.07. The molecule has 0 aliphatic rings. The number of aromatic hydroxyl groups is 2. The Balaban J connectivity index is 1.44. The zero-order valence-electron chi connectivity index (χ0n) is 15.8. The summed E-state index contributed by atoms with van der Waals surface area (Å²) < 4.78 is 0. The van der Waals surface area contributed by atoms with Crippen molar-refractivity contribution in [1.82, 2.24) is 10.9 Å². The van der Waals surface area contributed by atoms with E-state index in [0.717, 1.165) is 21.5 Å². The van der Waals surface area contributed by atoms with E-state index in [0.29, 0.717) is 11.1 Å². The summed E-state index contributed by atoms with van der Waals surface area (Å²) in [7, 11) is 0. The third-order valence-corrected chi connectivity index (χ3v) is 4.61. The maximum absolute atomic E-state index is 11.9. The minimum Gasteiger partial charge on any atom is -0.507 e. The van der Waals surface area contributed by atoms with Crippen LogP contribution >= 0.6 is 0 Å². The van der Waals surface area contributed by atoms with E-state index in [1.165, 1.54) is 12.4 Å². The first-order valence-corrected chi connectivity index (χ1v) is 9.17. The Morgan fingerprint density at radius 1 is 0.667 bits per heavy atom. The molecule has 0 unspecified atom stereocenters. The minimum absolute atomic E-state index is 0.0594. The number of amides is 2. The molecule has 0 heterocycles. The molecule has 4 aromatic rings. The van der Waals surface area contributed by atoms with Crippen molar-refractivity contribution in [1.29, 1.82) is 0 Å². The van der Waals surface area contributed by atoms with Crippen molar-refractivity contribution in [3.05, 3.63) is 83.9 Å². The van der Waals surface area contributed by atoms with Gasteiger partial charge in [0.25, 0.3) is 0 Å². The average molecular weight is 398 g/mol. The molecular weight excluding hydrogens is 380 g/mol. The lowest BCUT2D eigenvalue weighted by atomic mass is 10.0. The molecule has 7 nitrogen and oxygen atoms in total. The van der Waals surface area contributed by atoms with E-state index < -0.39 is 6.03 Å².